The summed E-state index contributed by atoms with van der Waals surface area (Å²) in [6.45, 7) is 2.42. The molecule has 0 amide bonds. The molecule has 5 rings (SSSR count). The van der Waals surface area contributed by atoms with Gasteiger partial charge in [-0.05, 0) is 66.9 Å². The van der Waals surface area contributed by atoms with Crippen molar-refractivity contribution < 1.29 is 19.4 Å². The van der Waals surface area contributed by atoms with E-state index in [9.17, 15) is 14.7 Å². The number of ether oxygens (including phenoxy) is 1. The van der Waals surface area contributed by atoms with Crippen LogP contribution in [0, 0.1) is 6.92 Å². The molecule has 0 unspecified atom stereocenters. The number of fused-ring (bicyclic) bond motifs is 2. The van der Waals surface area contributed by atoms with E-state index in [1.54, 1.807) is 28.8 Å². The van der Waals surface area contributed by atoms with Crippen molar-refractivity contribution >= 4 is 28.5 Å². The Kier molecular flexibility index (Phi) is 5.57. The molecule has 34 heavy (non-hydrogen) atoms. The fourth-order valence-electron chi connectivity index (χ4n) is 4.81. The molecule has 1 atom stereocenters. The van der Waals surface area contributed by atoms with Gasteiger partial charge in [0.05, 0.1) is 18.0 Å². The minimum absolute atomic E-state index is 0.0811. The average Bonchev–Trinajstić information content (AvgIpc) is 3.34. The highest BCUT2D eigenvalue weighted by Crippen LogP contribution is 2.31. The van der Waals surface area contributed by atoms with Gasteiger partial charge < -0.3 is 14.7 Å². The number of hydrogen-bond acceptors (Lipinski definition) is 4. The lowest BCUT2D eigenvalue weighted by Gasteiger charge is -2.22. The number of likely N-dealkylation sites (N-methyl/N-ethyl adjacent to an activating group) is 1. The monoisotopic (exact) mass is 454 g/mol. The van der Waals surface area contributed by atoms with Crippen LogP contribution < -0.4 is 9.64 Å². The molecular formula is C28H26N2O4. The number of anilines is 1. The fourth-order valence-corrected chi connectivity index (χ4v) is 4.81. The zero-order valence-electron chi connectivity index (χ0n) is 19.2. The molecular weight excluding hydrogens is 428 g/mol. The topological polar surface area (TPSA) is 71.8 Å². The van der Waals surface area contributed by atoms with Gasteiger partial charge in [0, 0.05) is 29.4 Å². The van der Waals surface area contributed by atoms with E-state index in [4.69, 9.17) is 4.74 Å². The number of aliphatic carboxylic acids is 1. The third-order valence-corrected chi connectivity index (χ3v) is 6.58. The van der Waals surface area contributed by atoms with E-state index in [1.807, 2.05) is 31.2 Å². The molecule has 0 fully saturated rings. The van der Waals surface area contributed by atoms with Crippen molar-refractivity contribution in [3.8, 4) is 5.75 Å². The largest absolute Gasteiger partial charge is 0.491 e. The van der Waals surface area contributed by atoms with Crippen LogP contribution in [0.2, 0.25) is 0 Å². The van der Waals surface area contributed by atoms with Gasteiger partial charge in [-0.15, -0.1) is 0 Å². The molecule has 6 nitrogen and oxygen atoms in total. The summed E-state index contributed by atoms with van der Waals surface area (Å²) in [6.07, 6.45) is 0.870. The van der Waals surface area contributed by atoms with E-state index in [2.05, 4.69) is 36.2 Å². The minimum atomic E-state index is -0.896. The zero-order valence-corrected chi connectivity index (χ0v) is 19.2. The Morgan fingerprint density at radius 1 is 1.03 bits per heavy atom. The second-order valence-electron chi connectivity index (χ2n) is 8.78. The maximum atomic E-state index is 13.3. The number of aromatic nitrogens is 1. The summed E-state index contributed by atoms with van der Waals surface area (Å²) in [7, 11) is 2.09. The molecule has 172 valence electrons. The fraction of sp³-hybridized carbons (Fsp3) is 0.214. The third kappa shape index (κ3) is 3.92. The Balaban J connectivity index is 1.31. The number of carboxylic acid groups (broad SMARTS) is 1. The summed E-state index contributed by atoms with van der Waals surface area (Å²) in [5.74, 6) is -0.330. The van der Waals surface area contributed by atoms with Crippen LogP contribution in [-0.4, -0.2) is 41.2 Å². The molecule has 2 heterocycles. The Morgan fingerprint density at radius 3 is 2.53 bits per heavy atom. The summed E-state index contributed by atoms with van der Waals surface area (Å²) in [6, 6.07) is 23.2. The molecule has 0 bridgehead atoms. The molecule has 0 saturated heterocycles. The normalized spacial score (nSPS) is 14.9. The number of carboxylic acids is 1. The number of para-hydroxylation sites is 1. The molecule has 6 heteroatoms. The van der Waals surface area contributed by atoms with Gasteiger partial charge >= 0.3 is 5.97 Å². The van der Waals surface area contributed by atoms with Crippen molar-refractivity contribution in [2.45, 2.75) is 25.8 Å². The second kappa shape index (κ2) is 8.71. The van der Waals surface area contributed by atoms with E-state index in [1.165, 1.54) is 11.3 Å². The number of benzene rings is 3. The summed E-state index contributed by atoms with van der Waals surface area (Å²) >= 11 is 0. The van der Waals surface area contributed by atoms with Crippen molar-refractivity contribution in [3.63, 3.8) is 0 Å². The maximum Gasteiger partial charge on any atom is 0.307 e. The van der Waals surface area contributed by atoms with Gasteiger partial charge in [0.15, 0.2) is 0 Å². The molecule has 1 aliphatic rings. The van der Waals surface area contributed by atoms with Gasteiger partial charge in [0.25, 0.3) is 5.91 Å². The predicted molar refractivity (Wildman–Crippen MR) is 132 cm³/mol. The van der Waals surface area contributed by atoms with E-state index >= 15 is 0 Å². The molecule has 0 spiro atoms. The number of hydrogen-bond donors (Lipinski definition) is 1. The van der Waals surface area contributed by atoms with Crippen LogP contribution in [-0.2, 0) is 17.6 Å². The van der Waals surface area contributed by atoms with Crippen LogP contribution in [0.25, 0.3) is 10.9 Å². The Morgan fingerprint density at radius 2 is 1.79 bits per heavy atom. The molecule has 0 aliphatic carbocycles. The second-order valence-corrected chi connectivity index (χ2v) is 8.78. The highest BCUT2D eigenvalue weighted by molar-refractivity contribution is 6.04. The van der Waals surface area contributed by atoms with Crippen LogP contribution in [0.3, 0.4) is 0 Å². The number of carbonyl (C=O) groups is 2. The van der Waals surface area contributed by atoms with Crippen molar-refractivity contribution in [2.24, 2.45) is 0 Å². The first-order valence-corrected chi connectivity index (χ1v) is 11.3. The Hall–Kier alpha value is -4.06. The highest BCUT2D eigenvalue weighted by atomic mass is 16.5. The SMILES string of the molecule is Cc1cc2c(CC(=O)O)cccc2n1C(=O)c1ccc(OC[C@@H]2Cc3ccccc3N2C)cc1. The first-order chi connectivity index (χ1) is 16.4. The first kappa shape index (κ1) is 21.8. The number of rotatable bonds is 6. The van der Waals surface area contributed by atoms with Crippen molar-refractivity contribution in [2.75, 3.05) is 18.6 Å². The summed E-state index contributed by atoms with van der Waals surface area (Å²) in [5.41, 5.74) is 5.30. The van der Waals surface area contributed by atoms with E-state index in [0.717, 1.165) is 23.3 Å². The Bertz CT molecular complexity index is 1390. The van der Waals surface area contributed by atoms with E-state index < -0.39 is 5.97 Å². The molecule has 0 saturated carbocycles. The quantitative estimate of drug-likeness (QED) is 0.457. The summed E-state index contributed by atoms with van der Waals surface area (Å²) in [4.78, 5) is 26.8. The van der Waals surface area contributed by atoms with Crippen molar-refractivity contribution in [3.05, 3.63) is 95.2 Å². The van der Waals surface area contributed by atoms with Crippen LogP contribution in [0.5, 0.6) is 5.75 Å². The van der Waals surface area contributed by atoms with Crippen LogP contribution in [0.1, 0.15) is 27.2 Å². The maximum absolute atomic E-state index is 13.3. The lowest BCUT2D eigenvalue weighted by molar-refractivity contribution is -0.136. The lowest BCUT2D eigenvalue weighted by Crippen LogP contribution is -2.33. The van der Waals surface area contributed by atoms with Gasteiger partial charge in [-0.1, -0.05) is 30.3 Å². The Labute approximate surface area is 198 Å². The third-order valence-electron chi connectivity index (χ3n) is 6.58. The molecule has 3 aromatic carbocycles. The van der Waals surface area contributed by atoms with Crippen molar-refractivity contribution in [1.29, 1.82) is 0 Å². The van der Waals surface area contributed by atoms with Crippen molar-refractivity contribution in [1.82, 2.24) is 4.57 Å². The molecule has 1 N–H and O–H groups in total. The minimum Gasteiger partial charge on any atom is -0.491 e. The van der Waals surface area contributed by atoms with E-state index in [-0.39, 0.29) is 18.4 Å². The van der Waals surface area contributed by atoms with Gasteiger partial charge in [-0.2, -0.15) is 0 Å². The van der Waals surface area contributed by atoms with E-state index in [0.29, 0.717) is 23.3 Å². The number of nitrogens with zero attached hydrogens (tertiary/aromatic N) is 2. The first-order valence-electron chi connectivity index (χ1n) is 11.3. The van der Waals surface area contributed by atoms with Gasteiger partial charge in [-0.3, -0.25) is 14.2 Å². The van der Waals surface area contributed by atoms with Crippen LogP contribution >= 0.6 is 0 Å². The highest BCUT2D eigenvalue weighted by Gasteiger charge is 2.26. The van der Waals surface area contributed by atoms with Gasteiger partial charge in [0.2, 0.25) is 0 Å². The summed E-state index contributed by atoms with van der Waals surface area (Å²) < 4.78 is 7.69. The molecule has 1 aliphatic heterocycles. The van der Waals surface area contributed by atoms with Gasteiger partial charge in [0.1, 0.15) is 12.4 Å². The van der Waals surface area contributed by atoms with Gasteiger partial charge in [-0.25, -0.2) is 0 Å². The number of carbonyl (C=O) groups excluding carboxylic acids is 1. The standard InChI is InChI=1S/C28H26N2O4/c1-18-14-24-20(16-27(31)32)7-5-9-26(24)30(18)28(33)19-10-12-23(13-11-19)34-17-22-15-21-6-3-4-8-25(21)29(22)2/h3-14,22H,15-17H2,1-2H3,(H,31,32)/t22-/m0/s1. The molecule has 1 aromatic heterocycles. The predicted octanol–water partition coefficient (Wildman–Crippen LogP) is 4.71. The summed E-state index contributed by atoms with van der Waals surface area (Å²) in [5, 5.41) is 9.99. The smallest absolute Gasteiger partial charge is 0.307 e. The number of aryl methyl sites for hydroxylation is 1. The van der Waals surface area contributed by atoms with Crippen LogP contribution in [0.15, 0.2) is 72.8 Å². The molecule has 4 aromatic rings. The molecule has 0 radical (unpaired) electrons. The average molecular weight is 455 g/mol. The van der Waals surface area contributed by atoms with Crippen LogP contribution in [0.4, 0.5) is 5.69 Å². The lowest BCUT2D eigenvalue weighted by atomic mass is 10.1. The zero-order chi connectivity index (χ0) is 23.8.